The van der Waals surface area contributed by atoms with Crippen LogP contribution in [0.2, 0.25) is 0 Å². The van der Waals surface area contributed by atoms with Crippen molar-refractivity contribution >= 4 is 12.0 Å². The quantitative estimate of drug-likeness (QED) is 0.670. The van der Waals surface area contributed by atoms with Gasteiger partial charge in [0.05, 0.1) is 7.11 Å². The molecule has 0 rings (SSSR count). The molecule has 6 nitrogen and oxygen atoms in total. The SMILES string of the molecule is CON(C)C(=O)CCC(C)(C)NC(=O)O. The predicted octanol–water partition coefficient (Wildman–Crippen LogP) is 0.833. The first kappa shape index (κ1) is 13.7. The molecule has 88 valence electrons. The summed E-state index contributed by atoms with van der Waals surface area (Å²) in [5.74, 6) is -0.183. The van der Waals surface area contributed by atoms with Gasteiger partial charge in [0.2, 0.25) is 5.91 Å². The van der Waals surface area contributed by atoms with E-state index in [0.29, 0.717) is 6.42 Å². The zero-order chi connectivity index (χ0) is 12.1. The molecule has 0 bridgehead atoms. The Hall–Kier alpha value is -1.30. The highest BCUT2D eigenvalue weighted by Gasteiger charge is 2.22. The van der Waals surface area contributed by atoms with E-state index in [-0.39, 0.29) is 12.3 Å². The van der Waals surface area contributed by atoms with Crippen LogP contribution < -0.4 is 5.32 Å². The van der Waals surface area contributed by atoms with Crippen LogP contribution in [0.15, 0.2) is 0 Å². The van der Waals surface area contributed by atoms with Crippen LogP contribution in [-0.4, -0.2) is 41.9 Å². The van der Waals surface area contributed by atoms with Crippen molar-refractivity contribution in [1.82, 2.24) is 10.4 Å². The van der Waals surface area contributed by atoms with Crippen LogP contribution in [0.4, 0.5) is 4.79 Å². The van der Waals surface area contributed by atoms with Gasteiger partial charge < -0.3 is 10.4 Å². The molecule has 0 fully saturated rings. The fourth-order valence-electron chi connectivity index (χ4n) is 1.03. The third kappa shape index (κ3) is 5.90. The van der Waals surface area contributed by atoms with Crippen molar-refractivity contribution in [2.45, 2.75) is 32.2 Å². The normalized spacial score (nSPS) is 10.9. The van der Waals surface area contributed by atoms with Gasteiger partial charge in [-0.15, -0.1) is 0 Å². The first-order chi connectivity index (χ1) is 6.78. The molecule has 15 heavy (non-hydrogen) atoms. The summed E-state index contributed by atoms with van der Waals surface area (Å²) in [6, 6.07) is 0. The van der Waals surface area contributed by atoms with Crippen LogP contribution in [0.1, 0.15) is 26.7 Å². The van der Waals surface area contributed by atoms with Crippen LogP contribution in [0.25, 0.3) is 0 Å². The van der Waals surface area contributed by atoms with E-state index < -0.39 is 11.6 Å². The number of hydrogen-bond acceptors (Lipinski definition) is 3. The lowest BCUT2D eigenvalue weighted by atomic mass is 9.98. The molecule has 0 aromatic rings. The minimum absolute atomic E-state index is 0.183. The summed E-state index contributed by atoms with van der Waals surface area (Å²) in [5.41, 5.74) is -0.615. The average molecular weight is 218 g/mol. The molecule has 0 aliphatic rings. The number of nitrogens with one attached hydrogen (secondary N) is 1. The first-order valence-corrected chi connectivity index (χ1v) is 4.60. The summed E-state index contributed by atoms with van der Waals surface area (Å²) in [7, 11) is 2.92. The largest absolute Gasteiger partial charge is 0.465 e. The Morgan fingerprint density at radius 2 is 2.00 bits per heavy atom. The molecular formula is C9H18N2O4. The lowest BCUT2D eigenvalue weighted by Gasteiger charge is -2.25. The van der Waals surface area contributed by atoms with Crippen molar-refractivity contribution < 1.29 is 19.5 Å². The van der Waals surface area contributed by atoms with Gasteiger partial charge in [-0.3, -0.25) is 9.63 Å². The predicted molar refractivity (Wildman–Crippen MR) is 54.3 cm³/mol. The Bertz CT molecular complexity index is 240. The molecule has 0 saturated heterocycles. The summed E-state index contributed by atoms with van der Waals surface area (Å²) in [4.78, 5) is 26.5. The summed E-state index contributed by atoms with van der Waals surface area (Å²) >= 11 is 0. The van der Waals surface area contributed by atoms with Gasteiger partial charge >= 0.3 is 6.09 Å². The van der Waals surface area contributed by atoms with E-state index in [2.05, 4.69) is 5.32 Å². The second-order valence-electron chi connectivity index (χ2n) is 3.89. The third-order valence-corrected chi connectivity index (χ3v) is 2.03. The Labute approximate surface area is 89.2 Å². The first-order valence-electron chi connectivity index (χ1n) is 4.60. The van der Waals surface area contributed by atoms with Gasteiger partial charge in [-0.2, -0.15) is 0 Å². The van der Waals surface area contributed by atoms with Crippen molar-refractivity contribution in [2.24, 2.45) is 0 Å². The second-order valence-corrected chi connectivity index (χ2v) is 3.89. The molecule has 0 aromatic heterocycles. The van der Waals surface area contributed by atoms with E-state index in [1.54, 1.807) is 13.8 Å². The number of carboxylic acid groups (broad SMARTS) is 1. The monoisotopic (exact) mass is 218 g/mol. The highest BCUT2D eigenvalue weighted by Crippen LogP contribution is 2.12. The number of carbonyl (C=O) groups excluding carboxylic acids is 1. The van der Waals surface area contributed by atoms with Crippen molar-refractivity contribution in [3.8, 4) is 0 Å². The van der Waals surface area contributed by atoms with Crippen LogP contribution in [0, 0.1) is 0 Å². The Morgan fingerprint density at radius 1 is 1.47 bits per heavy atom. The van der Waals surface area contributed by atoms with Crippen molar-refractivity contribution in [3.63, 3.8) is 0 Å². The van der Waals surface area contributed by atoms with Crippen LogP contribution in [-0.2, 0) is 9.63 Å². The van der Waals surface area contributed by atoms with Gasteiger partial charge in [-0.1, -0.05) is 0 Å². The maximum absolute atomic E-state index is 11.3. The summed E-state index contributed by atoms with van der Waals surface area (Å²) < 4.78 is 0. The number of nitrogens with zero attached hydrogens (tertiary/aromatic N) is 1. The molecule has 2 N–H and O–H groups in total. The molecule has 0 aliphatic heterocycles. The third-order valence-electron chi connectivity index (χ3n) is 2.03. The minimum Gasteiger partial charge on any atom is -0.465 e. The Balaban J connectivity index is 4.03. The zero-order valence-electron chi connectivity index (χ0n) is 9.53. The number of rotatable bonds is 5. The lowest BCUT2D eigenvalue weighted by Crippen LogP contribution is -2.43. The van der Waals surface area contributed by atoms with Gasteiger partial charge in [0, 0.05) is 19.0 Å². The van der Waals surface area contributed by atoms with E-state index in [1.165, 1.54) is 14.2 Å². The van der Waals surface area contributed by atoms with Crippen molar-refractivity contribution in [3.05, 3.63) is 0 Å². The van der Waals surface area contributed by atoms with Crippen molar-refractivity contribution in [2.75, 3.05) is 14.2 Å². The fraction of sp³-hybridized carbons (Fsp3) is 0.778. The van der Waals surface area contributed by atoms with Gasteiger partial charge in [-0.05, 0) is 20.3 Å². The summed E-state index contributed by atoms with van der Waals surface area (Å²) in [6.07, 6.45) is -0.434. The zero-order valence-corrected chi connectivity index (χ0v) is 9.53. The van der Waals surface area contributed by atoms with Crippen molar-refractivity contribution in [1.29, 1.82) is 0 Å². The number of carbonyl (C=O) groups is 2. The smallest absolute Gasteiger partial charge is 0.405 e. The van der Waals surface area contributed by atoms with E-state index in [0.717, 1.165) is 5.06 Å². The maximum Gasteiger partial charge on any atom is 0.405 e. The highest BCUT2D eigenvalue weighted by molar-refractivity contribution is 5.75. The second kappa shape index (κ2) is 5.55. The molecule has 0 heterocycles. The van der Waals surface area contributed by atoms with Crippen LogP contribution in [0.5, 0.6) is 0 Å². The molecule has 0 aromatic carbocycles. The molecule has 0 unspecified atom stereocenters. The van der Waals surface area contributed by atoms with Crippen LogP contribution >= 0.6 is 0 Å². The molecule has 0 atom stereocenters. The van der Waals surface area contributed by atoms with E-state index in [4.69, 9.17) is 9.94 Å². The summed E-state index contributed by atoms with van der Waals surface area (Å²) in [5, 5.41) is 12.0. The van der Waals surface area contributed by atoms with Gasteiger partial charge in [0.15, 0.2) is 0 Å². The van der Waals surface area contributed by atoms with Gasteiger partial charge in [0.1, 0.15) is 0 Å². The Kier molecular flexibility index (Phi) is 5.07. The molecule has 2 amide bonds. The molecular weight excluding hydrogens is 200 g/mol. The lowest BCUT2D eigenvalue weighted by molar-refractivity contribution is -0.169. The standard InChI is InChI=1S/C9H18N2O4/c1-9(2,10-8(13)14)6-5-7(12)11(3)15-4/h10H,5-6H2,1-4H3,(H,13,14). The molecule has 0 radical (unpaired) electrons. The maximum atomic E-state index is 11.3. The summed E-state index contributed by atoms with van der Waals surface area (Å²) in [6.45, 7) is 3.45. The molecule has 0 spiro atoms. The number of hydrogen-bond donors (Lipinski definition) is 2. The molecule has 6 heteroatoms. The van der Waals surface area contributed by atoms with E-state index in [1.807, 2.05) is 0 Å². The highest BCUT2D eigenvalue weighted by atomic mass is 16.7. The van der Waals surface area contributed by atoms with Crippen LogP contribution in [0.3, 0.4) is 0 Å². The minimum atomic E-state index is -1.09. The van der Waals surface area contributed by atoms with Gasteiger partial charge in [-0.25, -0.2) is 9.86 Å². The average Bonchev–Trinajstić information content (AvgIpc) is 2.11. The topological polar surface area (TPSA) is 78.9 Å². The molecule has 0 saturated carbocycles. The number of hydroxylamine groups is 2. The van der Waals surface area contributed by atoms with E-state index in [9.17, 15) is 9.59 Å². The van der Waals surface area contributed by atoms with Gasteiger partial charge in [0.25, 0.3) is 0 Å². The fourth-order valence-corrected chi connectivity index (χ4v) is 1.03. The Morgan fingerprint density at radius 3 is 2.40 bits per heavy atom. The van der Waals surface area contributed by atoms with E-state index >= 15 is 0 Å². The molecule has 0 aliphatic carbocycles. The number of amides is 2.